The summed E-state index contributed by atoms with van der Waals surface area (Å²) in [4.78, 5) is 37.7. The predicted molar refractivity (Wildman–Crippen MR) is 375 cm³/mol. The number of hydrogen-bond acceptors (Lipinski definition) is 18. The Kier molecular flexibility index (Phi) is 22.9. The fourth-order valence-corrected chi connectivity index (χ4v) is 14.2. The van der Waals surface area contributed by atoms with Gasteiger partial charge in [-0.1, -0.05) is 160 Å². The van der Waals surface area contributed by atoms with Gasteiger partial charge >= 0.3 is 0 Å². The van der Waals surface area contributed by atoms with Crippen LogP contribution in [0.15, 0.2) is 134 Å². The van der Waals surface area contributed by atoms with Crippen molar-refractivity contribution in [3.8, 4) is 33.9 Å². The second-order valence-electron chi connectivity index (χ2n) is 25.3. The fraction of sp³-hybridized carbons (Fsp3) is 0.352. The van der Waals surface area contributed by atoms with Crippen molar-refractivity contribution >= 4 is 81.4 Å². The number of aromatic nitrogens is 12. The molecule has 34 heteroatoms. The number of halogens is 10. The molecule has 0 unspecified atom stereocenters. The lowest BCUT2D eigenvalue weighted by atomic mass is 9.90. The van der Waals surface area contributed by atoms with Gasteiger partial charge in [-0.05, 0) is 87.4 Å². The lowest BCUT2D eigenvalue weighted by Gasteiger charge is -2.49. The van der Waals surface area contributed by atoms with Gasteiger partial charge < -0.3 is 48.5 Å². The number of carbonyl (C=O) groups is 2. The first-order chi connectivity index (χ1) is 50.8. The molecular formula is C71H64Cl6F4N14O10. The Hall–Kier alpha value is -8.04. The smallest absolute Gasteiger partial charge is 0.246 e. The van der Waals surface area contributed by atoms with E-state index in [4.69, 9.17) is 128 Å². The largest absolute Gasteiger partial charge is 0.363 e. The molecule has 10 aromatic rings. The van der Waals surface area contributed by atoms with Gasteiger partial charge in [0, 0.05) is 45.4 Å². The lowest BCUT2D eigenvalue weighted by Crippen LogP contribution is -2.58. The van der Waals surface area contributed by atoms with Crippen LogP contribution in [0.2, 0.25) is 30.1 Å². The fourth-order valence-electron chi connectivity index (χ4n) is 13.2. The maximum atomic E-state index is 15.0. The number of rotatable bonds is 24. The highest BCUT2D eigenvalue weighted by Crippen LogP contribution is 2.49. The van der Waals surface area contributed by atoms with Crippen molar-refractivity contribution < 1.29 is 65.0 Å². The third kappa shape index (κ3) is 16.3. The molecule has 2 N–H and O–H groups in total. The summed E-state index contributed by atoms with van der Waals surface area (Å²) in [5.41, 5.74) is 2.41. The monoisotopic (exact) mass is 1560 g/mol. The summed E-state index contributed by atoms with van der Waals surface area (Å²) in [6.07, 6.45) is -3.63. The molecule has 0 aliphatic carbocycles. The van der Waals surface area contributed by atoms with Crippen molar-refractivity contribution in [1.82, 2.24) is 70.2 Å². The zero-order chi connectivity index (χ0) is 73.2. The Balaban J connectivity index is 0.642. The minimum Gasteiger partial charge on any atom is -0.363 e. The normalized spacial score (nSPS) is 23.0. The van der Waals surface area contributed by atoms with Crippen LogP contribution in [0.1, 0.15) is 103 Å². The summed E-state index contributed by atoms with van der Waals surface area (Å²) in [5, 5.41) is 32.9. The van der Waals surface area contributed by atoms with Crippen molar-refractivity contribution in [3.05, 3.63) is 222 Å². The van der Waals surface area contributed by atoms with E-state index in [-0.39, 0.29) is 70.5 Å². The SMILES string of the molecule is Cc1nc([C@H]2O[C@H]3CO[C@@H](c4ccccc4)O[C@H]3[C@@H](n3cc(-c4cc(F)c(Cl)c(F)c4)nn3)[C@@H]2OCC(=O)NCCCCCCCNC(=O)CO[C@@H]2[C@@H](n3cc(-c4cc(F)c(Cl)c(F)c4)nn3)[C@H]3O[C@@H](c4ccccc4)OC[C@H]3O[C@H]2c2nc(C)nn2-c2cc(Cl)ccc2Cl)n(-c2cc(Cl)ccc2Cl)n1. The van der Waals surface area contributed by atoms with E-state index in [1.54, 1.807) is 50.2 Å². The van der Waals surface area contributed by atoms with Crippen LogP contribution in [-0.2, 0) is 47.5 Å². The second-order valence-corrected chi connectivity index (χ2v) is 27.7. The summed E-state index contributed by atoms with van der Waals surface area (Å²) >= 11 is 38.4. The van der Waals surface area contributed by atoms with Crippen LogP contribution in [0.25, 0.3) is 33.9 Å². The van der Waals surface area contributed by atoms with Crippen LogP contribution in [0, 0.1) is 37.1 Å². The van der Waals surface area contributed by atoms with Gasteiger partial charge in [-0.3, -0.25) is 9.59 Å². The van der Waals surface area contributed by atoms with Crippen molar-refractivity contribution in [2.75, 3.05) is 39.5 Å². The molecule has 14 rings (SSSR count). The van der Waals surface area contributed by atoms with E-state index in [2.05, 4.69) is 31.3 Å². The number of unbranched alkanes of at least 4 members (excludes halogenated alkanes) is 4. The maximum Gasteiger partial charge on any atom is 0.246 e. The Bertz CT molecular complexity index is 4440. The molecule has 4 saturated heterocycles. The molecule has 0 spiro atoms. The van der Waals surface area contributed by atoms with E-state index in [1.807, 2.05) is 60.7 Å². The second kappa shape index (κ2) is 32.6. The third-order valence-corrected chi connectivity index (χ3v) is 19.9. The maximum absolute atomic E-state index is 15.0. The molecule has 2 amide bonds. The zero-order valence-corrected chi connectivity index (χ0v) is 60.2. The van der Waals surface area contributed by atoms with Gasteiger partial charge in [0.05, 0.1) is 47.0 Å². The van der Waals surface area contributed by atoms with Crippen molar-refractivity contribution in [2.45, 2.75) is 119 Å². The molecule has 24 nitrogen and oxygen atoms in total. The van der Waals surface area contributed by atoms with Crippen LogP contribution in [0.5, 0.6) is 0 Å². The zero-order valence-electron chi connectivity index (χ0n) is 55.6. The number of hydrogen-bond donors (Lipinski definition) is 2. The standard InChI is InChI=1S/C71H64Cl6F4N14O10/c1-36-84-68(94(88-36)52-28-42(72)18-20-44(52)74)66-64(60(62-54(102-66)32-100-70(104-62)38-14-8-6-9-15-38)92-30-50(86-90-92)40-24-46(78)58(76)47(79)25-40)98-34-56(96)82-22-12-4-3-5-13-23-83-57(97)35-99-65-61(93-31-51(87-91-93)41-26-48(80)59(77)49(81)27-41)63-55(33-101-71(105-63)39-16-10-7-11-17-39)103-67(65)69-85-37(2)89-95(69)53-29-43(73)19-21-45(53)75/h6-11,14-21,24-31,54-55,60-67,70-71H,3-5,12-13,22-23,32-35H2,1-2H3,(H,82,96)(H,83,97)/t54-,55+,60+,61-,62+,63-,64-,65+,66-,67+,70+,71-. The number of nitrogens with one attached hydrogen (secondary N) is 2. The minimum atomic E-state index is -1.18. The van der Waals surface area contributed by atoms with Gasteiger partial charge in [-0.2, -0.15) is 10.2 Å². The Morgan fingerprint density at radius 3 is 1.30 bits per heavy atom. The van der Waals surface area contributed by atoms with Crippen LogP contribution < -0.4 is 10.6 Å². The number of carbonyl (C=O) groups excluding carboxylic acids is 2. The van der Waals surface area contributed by atoms with E-state index in [0.717, 1.165) is 30.7 Å². The molecule has 4 aromatic heterocycles. The molecule has 4 fully saturated rings. The van der Waals surface area contributed by atoms with Crippen LogP contribution in [-0.4, -0.2) is 147 Å². The Morgan fingerprint density at radius 1 is 0.514 bits per heavy atom. The van der Waals surface area contributed by atoms with E-state index >= 15 is 0 Å². The summed E-state index contributed by atoms with van der Waals surface area (Å²) in [6, 6.07) is 30.4. The van der Waals surface area contributed by atoms with Crippen molar-refractivity contribution in [3.63, 3.8) is 0 Å². The number of fused-ring (bicyclic) bond motifs is 2. The Morgan fingerprint density at radius 2 is 0.905 bits per heavy atom. The van der Waals surface area contributed by atoms with Crippen LogP contribution >= 0.6 is 69.6 Å². The molecule has 6 aromatic carbocycles. The Labute approximate surface area is 627 Å². The molecule has 105 heavy (non-hydrogen) atoms. The van der Waals surface area contributed by atoms with E-state index < -0.39 is 132 Å². The molecule has 0 radical (unpaired) electrons. The van der Waals surface area contributed by atoms with Gasteiger partial charge in [0.2, 0.25) is 11.8 Å². The van der Waals surface area contributed by atoms with Gasteiger partial charge in [0.1, 0.15) is 130 Å². The highest BCUT2D eigenvalue weighted by Gasteiger charge is 2.56. The third-order valence-electron chi connectivity index (χ3n) is 18.1. The molecule has 0 bridgehead atoms. The van der Waals surface area contributed by atoms with E-state index in [9.17, 15) is 27.2 Å². The topological polar surface area (TPSA) is 255 Å². The summed E-state index contributed by atoms with van der Waals surface area (Å²) in [5.74, 6) is -3.85. The summed E-state index contributed by atoms with van der Waals surface area (Å²) in [7, 11) is 0. The van der Waals surface area contributed by atoms with Gasteiger partial charge in [0.25, 0.3) is 0 Å². The number of benzene rings is 6. The minimum absolute atomic E-state index is 0.00736. The molecule has 548 valence electrons. The number of ether oxygens (including phenoxy) is 8. The first kappa shape index (κ1) is 73.8. The molecule has 4 aliphatic heterocycles. The van der Waals surface area contributed by atoms with Crippen molar-refractivity contribution in [1.29, 1.82) is 0 Å². The first-order valence-electron chi connectivity index (χ1n) is 33.4. The molecule has 0 saturated carbocycles. The number of aryl methyl sites for hydroxylation is 2. The van der Waals surface area contributed by atoms with E-state index in [1.165, 1.54) is 31.1 Å². The quantitative estimate of drug-likeness (QED) is 0.0324. The summed E-state index contributed by atoms with van der Waals surface area (Å²) < 4.78 is 119. The van der Waals surface area contributed by atoms with Gasteiger partial charge in [-0.25, -0.2) is 46.3 Å². The van der Waals surface area contributed by atoms with Gasteiger partial charge in [0.15, 0.2) is 24.2 Å². The van der Waals surface area contributed by atoms with Crippen LogP contribution in [0.3, 0.4) is 0 Å². The van der Waals surface area contributed by atoms with Crippen molar-refractivity contribution in [2.24, 2.45) is 0 Å². The van der Waals surface area contributed by atoms with E-state index in [0.29, 0.717) is 69.9 Å². The molecular weight excluding hydrogens is 1500 g/mol. The lowest BCUT2D eigenvalue weighted by molar-refractivity contribution is -0.322. The summed E-state index contributed by atoms with van der Waals surface area (Å²) in [6.45, 7) is 2.96. The first-order valence-corrected chi connectivity index (χ1v) is 35.7. The molecule has 12 atom stereocenters. The van der Waals surface area contributed by atoms with Gasteiger partial charge in [-0.15, -0.1) is 10.2 Å². The average molecular weight is 1560 g/mol. The van der Waals surface area contributed by atoms with Crippen LogP contribution in [0.4, 0.5) is 17.6 Å². The number of amides is 2. The predicted octanol–water partition coefficient (Wildman–Crippen LogP) is 13.7. The highest BCUT2D eigenvalue weighted by molar-refractivity contribution is 6.35. The average Bonchev–Trinajstić information content (AvgIpc) is 1.72. The molecule has 8 heterocycles. The number of nitrogens with zero attached hydrogens (tertiary/aromatic N) is 12. The highest BCUT2D eigenvalue weighted by atomic mass is 35.5. The molecule has 4 aliphatic rings.